The summed E-state index contributed by atoms with van der Waals surface area (Å²) in [5.74, 6) is 0.560. The molecule has 0 bridgehead atoms. The van der Waals surface area contributed by atoms with Crippen LogP contribution in [0.5, 0.6) is 0 Å². The minimum atomic E-state index is -0.290. The maximum Gasteiger partial charge on any atom is 0.289 e. The molecule has 1 aromatic heterocycles. The lowest BCUT2D eigenvalue weighted by Gasteiger charge is -2.29. The highest BCUT2D eigenvalue weighted by molar-refractivity contribution is 5.92. The van der Waals surface area contributed by atoms with Gasteiger partial charge in [0.25, 0.3) is 5.91 Å². The van der Waals surface area contributed by atoms with Gasteiger partial charge < -0.3 is 9.32 Å². The quantitative estimate of drug-likeness (QED) is 0.815. The lowest BCUT2D eigenvalue weighted by molar-refractivity contribution is 0.0620. The summed E-state index contributed by atoms with van der Waals surface area (Å²) in [6.45, 7) is 1.59. The minimum Gasteiger partial charge on any atom is -0.451 e. The van der Waals surface area contributed by atoms with Crippen molar-refractivity contribution in [3.8, 4) is 11.3 Å². The van der Waals surface area contributed by atoms with Crippen LogP contribution in [0.1, 0.15) is 17.0 Å². The van der Waals surface area contributed by atoms with Crippen molar-refractivity contribution >= 4 is 5.91 Å². The van der Waals surface area contributed by atoms with Gasteiger partial charge in [-0.1, -0.05) is 0 Å². The Kier molecular flexibility index (Phi) is 2.63. The van der Waals surface area contributed by atoms with Gasteiger partial charge in [0, 0.05) is 18.7 Å². The molecule has 0 saturated carbocycles. The summed E-state index contributed by atoms with van der Waals surface area (Å²) in [6, 6.07) is 9.40. The number of rotatable bonds is 2. The van der Waals surface area contributed by atoms with Gasteiger partial charge in [-0.15, -0.1) is 0 Å². The Bertz CT molecular complexity index is 570. The Hall–Kier alpha value is -2.10. The van der Waals surface area contributed by atoms with Crippen molar-refractivity contribution in [2.45, 2.75) is 6.42 Å². The van der Waals surface area contributed by atoms with E-state index in [0.717, 1.165) is 25.1 Å². The Labute approximate surface area is 104 Å². The summed E-state index contributed by atoms with van der Waals surface area (Å²) in [5.41, 5.74) is 0.763. The normalized spacial score (nSPS) is 14.4. The first-order valence-corrected chi connectivity index (χ1v) is 5.89. The molecular formula is C14H12FNO2. The van der Waals surface area contributed by atoms with Crippen molar-refractivity contribution in [1.82, 2.24) is 4.90 Å². The SMILES string of the molecule is O=C(c1ccc(-c2ccc(F)cc2)o1)N1CCC1. The van der Waals surface area contributed by atoms with Crippen LogP contribution in [-0.4, -0.2) is 23.9 Å². The van der Waals surface area contributed by atoms with E-state index in [9.17, 15) is 9.18 Å². The summed E-state index contributed by atoms with van der Waals surface area (Å²) in [4.78, 5) is 13.6. The molecule has 92 valence electrons. The molecule has 0 unspecified atom stereocenters. The number of likely N-dealkylation sites (tertiary alicyclic amines) is 1. The van der Waals surface area contributed by atoms with Crippen molar-refractivity contribution in [3.63, 3.8) is 0 Å². The van der Waals surface area contributed by atoms with Gasteiger partial charge in [-0.05, 0) is 42.8 Å². The van der Waals surface area contributed by atoms with Crippen LogP contribution in [0.2, 0.25) is 0 Å². The monoisotopic (exact) mass is 245 g/mol. The Morgan fingerprint density at radius 2 is 1.83 bits per heavy atom. The third kappa shape index (κ3) is 1.90. The largest absolute Gasteiger partial charge is 0.451 e. The van der Waals surface area contributed by atoms with Crippen molar-refractivity contribution in [2.75, 3.05) is 13.1 Å². The average Bonchev–Trinajstić information content (AvgIpc) is 2.77. The summed E-state index contributed by atoms with van der Waals surface area (Å²) in [7, 11) is 0. The number of halogens is 1. The molecule has 0 spiro atoms. The minimum absolute atomic E-state index is 0.0744. The number of hydrogen-bond acceptors (Lipinski definition) is 2. The van der Waals surface area contributed by atoms with E-state index in [1.54, 1.807) is 29.2 Å². The molecule has 2 heterocycles. The molecule has 3 rings (SSSR count). The van der Waals surface area contributed by atoms with Gasteiger partial charge in [0.2, 0.25) is 0 Å². The lowest BCUT2D eigenvalue weighted by Crippen LogP contribution is -2.41. The van der Waals surface area contributed by atoms with Gasteiger partial charge in [-0.2, -0.15) is 0 Å². The van der Waals surface area contributed by atoms with Crippen LogP contribution in [0.3, 0.4) is 0 Å². The number of furan rings is 1. The molecule has 1 fully saturated rings. The number of amides is 1. The van der Waals surface area contributed by atoms with E-state index in [-0.39, 0.29) is 11.7 Å². The van der Waals surface area contributed by atoms with E-state index in [1.807, 2.05) is 0 Å². The highest BCUT2D eigenvalue weighted by Gasteiger charge is 2.24. The van der Waals surface area contributed by atoms with Gasteiger partial charge in [0.05, 0.1) is 0 Å². The molecule has 2 aromatic rings. The summed E-state index contributed by atoms with van der Waals surface area (Å²) in [6.07, 6.45) is 1.05. The second-order valence-electron chi connectivity index (χ2n) is 4.32. The van der Waals surface area contributed by atoms with Gasteiger partial charge in [-0.3, -0.25) is 4.79 Å². The summed E-state index contributed by atoms with van der Waals surface area (Å²) >= 11 is 0. The first-order chi connectivity index (χ1) is 8.74. The van der Waals surface area contributed by atoms with Crippen LogP contribution < -0.4 is 0 Å². The maximum atomic E-state index is 12.8. The highest BCUT2D eigenvalue weighted by Crippen LogP contribution is 2.24. The van der Waals surface area contributed by atoms with Crippen LogP contribution in [-0.2, 0) is 0 Å². The van der Waals surface area contributed by atoms with Crippen molar-refractivity contribution in [3.05, 3.63) is 48.0 Å². The molecule has 0 N–H and O–H groups in total. The van der Waals surface area contributed by atoms with Crippen molar-refractivity contribution < 1.29 is 13.6 Å². The lowest BCUT2D eigenvalue weighted by atomic mass is 10.2. The Balaban J connectivity index is 1.84. The highest BCUT2D eigenvalue weighted by atomic mass is 19.1. The molecule has 1 aliphatic rings. The molecular weight excluding hydrogens is 233 g/mol. The van der Waals surface area contributed by atoms with E-state index >= 15 is 0 Å². The molecule has 3 nitrogen and oxygen atoms in total. The van der Waals surface area contributed by atoms with E-state index in [2.05, 4.69) is 0 Å². The van der Waals surface area contributed by atoms with Gasteiger partial charge >= 0.3 is 0 Å². The van der Waals surface area contributed by atoms with Crippen LogP contribution in [0, 0.1) is 5.82 Å². The fourth-order valence-corrected chi connectivity index (χ4v) is 1.90. The first kappa shape index (κ1) is 11.0. The van der Waals surface area contributed by atoms with Crippen LogP contribution >= 0.6 is 0 Å². The zero-order valence-electron chi connectivity index (χ0n) is 9.73. The third-order valence-corrected chi connectivity index (χ3v) is 3.09. The number of carbonyl (C=O) groups is 1. The summed E-state index contributed by atoms with van der Waals surface area (Å²) < 4.78 is 18.3. The molecule has 1 amide bonds. The molecule has 0 radical (unpaired) electrons. The van der Waals surface area contributed by atoms with Crippen molar-refractivity contribution in [2.24, 2.45) is 0 Å². The molecule has 1 saturated heterocycles. The Morgan fingerprint density at radius 3 is 2.44 bits per heavy atom. The Morgan fingerprint density at radius 1 is 1.11 bits per heavy atom. The van der Waals surface area contributed by atoms with Gasteiger partial charge in [0.1, 0.15) is 11.6 Å². The predicted octanol–water partition coefficient (Wildman–Crippen LogP) is 2.93. The fraction of sp³-hybridized carbons (Fsp3) is 0.214. The maximum absolute atomic E-state index is 12.8. The van der Waals surface area contributed by atoms with Crippen LogP contribution in [0.25, 0.3) is 11.3 Å². The van der Waals surface area contributed by atoms with E-state index in [4.69, 9.17) is 4.42 Å². The first-order valence-electron chi connectivity index (χ1n) is 5.89. The van der Waals surface area contributed by atoms with Gasteiger partial charge in [0.15, 0.2) is 5.76 Å². The summed E-state index contributed by atoms with van der Waals surface area (Å²) in [5, 5.41) is 0. The number of hydrogen-bond donors (Lipinski definition) is 0. The molecule has 18 heavy (non-hydrogen) atoms. The van der Waals surface area contributed by atoms with E-state index in [1.165, 1.54) is 12.1 Å². The molecule has 1 aromatic carbocycles. The van der Waals surface area contributed by atoms with Crippen LogP contribution in [0.15, 0.2) is 40.8 Å². The number of nitrogens with zero attached hydrogens (tertiary/aromatic N) is 1. The topological polar surface area (TPSA) is 33.5 Å². The molecule has 1 aliphatic heterocycles. The molecule has 0 atom stereocenters. The predicted molar refractivity (Wildman–Crippen MR) is 64.6 cm³/mol. The zero-order valence-corrected chi connectivity index (χ0v) is 9.73. The second kappa shape index (κ2) is 4.29. The van der Waals surface area contributed by atoms with E-state index in [0.29, 0.717) is 11.5 Å². The second-order valence-corrected chi connectivity index (χ2v) is 4.32. The van der Waals surface area contributed by atoms with Crippen molar-refractivity contribution in [1.29, 1.82) is 0 Å². The van der Waals surface area contributed by atoms with Crippen LogP contribution in [0.4, 0.5) is 4.39 Å². The zero-order chi connectivity index (χ0) is 12.5. The van der Waals surface area contributed by atoms with Gasteiger partial charge in [-0.25, -0.2) is 4.39 Å². The third-order valence-electron chi connectivity index (χ3n) is 3.09. The van der Waals surface area contributed by atoms with E-state index < -0.39 is 0 Å². The molecule has 0 aliphatic carbocycles. The average molecular weight is 245 g/mol. The molecule has 4 heteroatoms. The smallest absolute Gasteiger partial charge is 0.289 e. The number of carbonyl (C=O) groups excluding carboxylic acids is 1. The number of benzene rings is 1. The standard InChI is InChI=1S/C14H12FNO2/c15-11-4-2-10(3-5-11)12-6-7-13(18-12)14(17)16-8-1-9-16/h2-7H,1,8-9H2. The fourth-order valence-electron chi connectivity index (χ4n) is 1.90.